The van der Waals surface area contributed by atoms with E-state index in [0.29, 0.717) is 22.8 Å². The number of aryl methyl sites for hydroxylation is 1. The highest BCUT2D eigenvalue weighted by Gasteiger charge is 2.23. The van der Waals surface area contributed by atoms with Gasteiger partial charge in [-0.05, 0) is 69.3 Å². The number of anilines is 2. The molecule has 9 nitrogen and oxygen atoms in total. The van der Waals surface area contributed by atoms with Crippen LogP contribution < -0.4 is 21.1 Å². The number of pyridine rings is 1. The van der Waals surface area contributed by atoms with Crippen LogP contribution in [0, 0.1) is 6.92 Å². The number of furan rings is 1. The fourth-order valence-corrected chi connectivity index (χ4v) is 5.04. The third kappa shape index (κ3) is 4.17. The Morgan fingerprint density at radius 2 is 2.00 bits per heavy atom. The van der Waals surface area contributed by atoms with Gasteiger partial charge in [0.15, 0.2) is 5.76 Å². The number of ether oxygens (including phenoxy) is 1. The number of nitrogen functional groups attached to an aromatic ring is 1. The maximum atomic E-state index is 13.0. The summed E-state index contributed by atoms with van der Waals surface area (Å²) in [4.78, 5) is 17.3. The Kier molecular flexibility index (Phi) is 5.77. The second-order valence-electron chi connectivity index (χ2n) is 9.39. The summed E-state index contributed by atoms with van der Waals surface area (Å²) in [7, 11) is 1.57. The molecular weight excluding hydrogens is 468 g/mol. The van der Waals surface area contributed by atoms with Gasteiger partial charge in [0.05, 0.1) is 29.7 Å². The number of aromatic nitrogens is 3. The number of methoxy groups -OCH3 is 1. The lowest BCUT2D eigenvalue weighted by Crippen LogP contribution is -2.29. The minimum Gasteiger partial charge on any atom is -0.495 e. The van der Waals surface area contributed by atoms with E-state index in [2.05, 4.69) is 20.3 Å². The predicted molar refractivity (Wildman–Crippen MR) is 144 cm³/mol. The molecule has 0 unspecified atom stereocenters. The summed E-state index contributed by atoms with van der Waals surface area (Å²) in [6, 6.07) is 15.4. The topological polar surface area (TPSA) is 120 Å². The standard InChI is InChI=1S/C28H28N6O3/c1-16-3-6-22-18(13-16)15-24(37-22)28(35)32-20-5-4-17(14-23(20)36-2)26-25-21(9-12-31-27(25)29)34(33-26)19-7-10-30-11-8-19/h3-6,9,12-15,19,30H,7-8,10-11H2,1-2H3,(H2,29,31)(H,32,35). The van der Waals surface area contributed by atoms with Crippen molar-refractivity contribution in [2.24, 2.45) is 0 Å². The Balaban J connectivity index is 1.35. The molecule has 0 saturated carbocycles. The number of nitrogens with zero attached hydrogens (tertiary/aromatic N) is 3. The summed E-state index contributed by atoms with van der Waals surface area (Å²) in [5.74, 6) is 0.820. The maximum absolute atomic E-state index is 13.0. The maximum Gasteiger partial charge on any atom is 0.291 e. The third-order valence-electron chi connectivity index (χ3n) is 6.92. The lowest BCUT2D eigenvalue weighted by Gasteiger charge is -2.23. The van der Waals surface area contributed by atoms with Crippen LogP contribution in [0.4, 0.5) is 11.5 Å². The molecule has 4 N–H and O–H groups in total. The SMILES string of the molecule is COc1cc(-c2nn(C3CCNCC3)c3ccnc(N)c23)ccc1NC(=O)c1cc2cc(C)ccc2o1. The Labute approximate surface area is 213 Å². The molecule has 1 saturated heterocycles. The molecule has 1 amide bonds. The number of piperidine rings is 1. The van der Waals surface area contributed by atoms with Crippen LogP contribution in [-0.2, 0) is 0 Å². The average Bonchev–Trinajstić information content (AvgIpc) is 3.52. The molecular formula is C28H28N6O3. The lowest BCUT2D eigenvalue weighted by molar-refractivity contribution is 0.0998. The molecule has 1 aliphatic rings. The molecule has 0 atom stereocenters. The molecule has 0 radical (unpaired) electrons. The highest BCUT2D eigenvalue weighted by Crippen LogP contribution is 2.37. The molecule has 1 aliphatic heterocycles. The van der Waals surface area contributed by atoms with Crippen LogP contribution in [0.25, 0.3) is 33.1 Å². The highest BCUT2D eigenvalue weighted by atomic mass is 16.5. The molecule has 0 aliphatic carbocycles. The Bertz CT molecular complexity index is 1630. The van der Waals surface area contributed by atoms with Gasteiger partial charge in [-0.25, -0.2) is 4.98 Å². The number of carbonyl (C=O) groups is 1. The van der Waals surface area contributed by atoms with Gasteiger partial charge >= 0.3 is 0 Å². The highest BCUT2D eigenvalue weighted by molar-refractivity contribution is 6.06. The Morgan fingerprint density at radius 1 is 1.16 bits per heavy atom. The van der Waals surface area contributed by atoms with Gasteiger partial charge in [0.2, 0.25) is 0 Å². The second-order valence-corrected chi connectivity index (χ2v) is 9.39. The van der Waals surface area contributed by atoms with Crippen LogP contribution in [0.15, 0.2) is 59.1 Å². The molecule has 9 heteroatoms. The first-order valence-corrected chi connectivity index (χ1v) is 12.3. The van der Waals surface area contributed by atoms with Crippen LogP contribution in [0.3, 0.4) is 0 Å². The number of amides is 1. The molecule has 6 rings (SSSR count). The fraction of sp³-hybridized carbons (Fsp3) is 0.250. The number of hydrogen-bond acceptors (Lipinski definition) is 7. The van der Waals surface area contributed by atoms with Crippen molar-refractivity contribution < 1.29 is 13.9 Å². The van der Waals surface area contributed by atoms with Crippen molar-refractivity contribution >= 4 is 39.3 Å². The van der Waals surface area contributed by atoms with Crippen molar-refractivity contribution in [2.45, 2.75) is 25.8 Å². The zero-order valence-electron chi connectivity index (χ0n) is 20.7. The molecule has 5 aromatic rings. The van der Waals surface area contributed by atoms with Crippen molar-refractivity contribution in [3.8, 4) is 17.0 Å². The van der Waals surface area contributed by atoms with Crippen molar-refractivity contribution in [1.29, 1.82) is 0 Å². The van der Waals surface area contributed by atoms with Crippen molar-refractivity contribution in [2.75, 3.05) is 31.2 Å². The van der Waals surface area contributed by atoms with E-state index < -0.39 is 0 Å². The van der Waals surface area contributed by atoms with Crippen LogP contribution in [-0.4, -0.2) is 40.9 Å². The largest absolute Gasteiger partial charge is 0.495 e. The van der Waals surface area contributed by atoms with E-state index in [9.17, 15) is 4.79 Å². The lowest BCUT2D eigenvalue weighted by atomic mass is 10.1. The smallest absolute Gasteiger partial charge is 0.291 e. The van der Waals surface area contributed by atoms with Gasteiger partial charge in [-0.15, -0.1) is 0 Å². The quantitative estimate of drug-likeness (QED) is 0.316. The summed E-state index contributed by atoms with van der Waals surface area (Å²) in [5.41, 5.74) is 11.2. The third-order valence-corrected chi connectivity index (χ3v) is 6.92. The van der Waals surface area contributed by atoms with E-state index in [1.807, 2.05) is 43.3 Å². The van der Waals surface area contributed by atoms with Crippen molar-refractivity contribution in [1.82, 2.24) is 20.1 Å². The number of fused-ring (bicyclic) bond motifs is 2. The number of benzene rings is 2. The van der Waals surface area contributed by atoms with Crippen LogP contribution in [0.1, 0.15) is 35.0 Å². The predicted octanol–water partition coefficient (Wildman–Crippen LogP) is 4.92. The molecule has 0 spiro atoms. The van der Waals surface area contributed by atoms with Gasteiger partial charge in [0.25, 0.3) is 5.91 Å². The second kappa shape index (κ2) is 9.25. The van der Waals surface area contributed by atoms with Crippen molar-refractivity contribution in [3.05, 3.63) is 66.1 Å². The zero-order chi connectivity index (χ0) is 25.5. The Hall–Kier alpha value is -4.37. The van der Waals surface area contributed by atoms with Gasteiger partial charge < -0.3 is 25.5 Å². The summed E-state index contributed by atoms with van der Waals surface area (Å²) in [6.45, 7) is 3.91. The van der Waals surface area contributed by atoms with E-state index in [4.69, 9.17) is 20.0 Å². The number of nitrogens with one attached hydrogen (secondary N) is 2. The minimum atomic E-state index is -0.353. The molecule has 3 aromatic heterocycles. The number of hydrogen-bond donors (Lipinski definition) is 3. The van der Waals surface area contributed by atoms with E-state index >= 15 is 0 Å². The monoisotopic (exact) mass is 496 g/mol. The van der Waals surface area contributed by atoms with E-state index in [1.165, 1.54) is 0 Å². The van der Waals surface area contributed by atoms with E-state index in [-0.39, 0.29) is 17.7 Å². The van der Waals surface area contributed by atoms with Gasteiger partial charge in [0.1, 0.15) is 22.8 Å². The molecule has 2 aromatic carbocycles. The normalized spacial score (nSPS) is 14.3. The van der Waals surface area contributed by atoms with Crippen molar-refractivity contribution in [3.63, 3.8) is 0 Å². The molecule has 0 bridgehead atoms. The van der Waals surface area contributed by atoms with Crippen LogP contribution >= 0.6 is 0 Å². The zero-order valence-corrected chi connectivity index (χ0v) is 20.7. The summed E-state index contributed by atoms with van der Waals surface area (Å²) in [6.07, 6.45) is 3.71. The van der Waals surface area contributed by atoms with E-state index in [0.717, 1.165) is 59.0 Å². The minimum absolute atomic E-state index is 0.234. The molecule has 37 heavy (non-hydrogen) atoms. The Morgan fingerprint density at radius 3 is 2.81 bits per heavy atom. The first-order valence-electron chi connectivity index (χ1n) is 12.3. The number of rotatable bonds is 5. The first-order chi connectivity index (χ1) is 18.0. The fourth-order valence-electron chi connectivity index (χ4n) is 5.04. The van der Waals surface area contributed by atoms with Gasteiger partial charge in [-0.1, -0.05) is 17.7 Å². The van der Waals surface area contributed by atoms with Gasteiger partial charge in [0, 0.05) is 17.1 Å². The summed E-state index contributed by atoms with van der Waals surface area (Å²) in [5, 5.41) is 13.0. The van der Waals surface area contributed by atoms with Gasteiger partial charge in [-0.3, -0.25) is 9.48 Å². The summed E-state index contributed by atoms with van der Waals surface area (Å²) >= 11 is 0. The van der Waals surface area contributed by atoms with Gasteiger partial charge in [-0.2, -0.15) is 5.10 Å². The molecule has 1 fully saturated rings. The first kappa shape index (κ1) is 23.1. The number of carbonyl (C=O) groups excluding carboxylic acids is 1. The molecule has 188 valence electrons. The number of nitrogens with two attached hydrogens (primary N) is 1. The van der Waals surface area contributed by atoms with Crippen LogP contribution in [0.2, 0.25) is 0 Å². The van der Waals surface area contributed by atoms with E-state index in [1.54, 1.807) is 25.4 Å². The molecule has 4 heterocycles. The van der Waals surface area contributed by atoms with Crippen LogP contribution in [0.5, 0.6) is 5.75 Å². The average molecular weight is 497 g/mol. The summed E-state index contributed by atoms with van der Waals surface area (Å²) < 4.78 is 13.5.